The van der Waals surface area contributed by atoms with E-state index in [9.17, 15) is 10.1 Å². The van der Waals surface area contributed by atoms with Crippen LogP contribution in [-0.2, 0) is 13.0 Å². The van der Waals surface area contributed by atoms with Gasteiger partial charge in [0.1, 0.15) is 0 Å². The zero-order valence-electron chi connectivity index (χ0n) is 10.8. The van der Waals surface area contributed by atoms with Gasteiger partial charge in [0.2, 0.25) is 0 Å². The minimum Gasteiger partial charge on any atom is -0.312 e. The van der Waals surface area contributed by atoms with Gasteiger partial charge in [-0.25, -0.2) is 0 Å². The molecule has 0 spiro atoms. The predicted molar refractivity (Wildman–Crippen MR) is 80.4 cm³/mol. The van der Waals surface area contributed by atoms with Crippen molar-refractivity contribution >= 4 is 21.6 Å². The van der Waals surface area contributed by atoms with Gasteiger partial charge in [-0.05, 0) is 23.8 Å². The fourth-order valence-corrected chi connectivity index (χ4v) is 2.36. The van der Waals surface area contributed by atoms with Crippen molar-refractivity contribution in [1.29, 1.82) is 0 Å². The summed E-state index contributed by atoms with van der Waals surface area (Å²) >= 11 is 3.28. The van der Waals surface area contributed by atoms with E-state index in [4.69, 9.17) is 0 Å². The molecule has 0 radical (unpaired) electrons. The van der Waals surface area contributed by atoms with Crippen molar-refractivity contribution in [2.45, 2.75) is 13.0 Å². The molecule has 0 saturated heterocycles. The third kappa shape index (κ3) is 4.40. The van der Waals surface area contributed by atoms with Gasteiger partial charge in [0.15, 0.2) is 0 Å². The number of nitrogens with zero attached hydrogens (tertiary/aromatic N) is 2. The van der Waals surface area contributed by atoms with Gasteiger partial charge in [-0.15, -0.1) is 0 Å². The normalized spacial score (nSPS) is 10.4. The Kier molecular flexibility index (Phi) is 5.20. The van der Waals surface area contributed by atoms with Crippen molar-refractivity contribution < 1.29 is 4.92 Å². The molecule has 0 aliphatic heterocycles. The second kappa shape index (κ2) is 7.12. The van der Waals surface area contributed by atoms with Gasteiger partial charge in [-0.2, -0.15) is 0 Å². The van der Waals surface area contributed by atoms with E-state index in [2.05, 4.69) is 26.2 Å². The second-order valence-corrected chi connectivity index (χ2v) is 5.24. The molecular weight excluding hydrogens is 322 g/mol. The summed E-state index contributed by atoms with van der Waals surface area (Å²) in [6.07, 6.45) is 2.60. The Hall–Kier alpha value is -1.79. The summed E-state index contributed by atoms with van der Waals surface area (Å²) < 4.78 is 0.716. The van der Waals surface area contributed by atoms with Crippen LogP contribution in [0.3, 0.4) is 0 Å². The van der Waals surface area contributed by atoms with Crippen LogP contribution in [0.25, 0.3) is 0 Å². The molecular formula is C14H14BrN3O2. The highest BCUT2D eigenvalue weighted by Crippen LogP contribution is 2.21. The number of benzene rings is 1. The summed E-state index contributed by atoms with van der Waals surface area (Å²) in [6, 6.07) is 10.8. The first-order valence-electron chi connectivity index (χ1n) is 6.19. The first kappa shape index (κ1) is 14.6. The Morgan fingerprint density at radius 2 is 2.15 bits per heavy atom. The smallest absolute Gasteiger partial charge is 0.270 e. The number of rotatable bonds is 6. The van der Waals surface area contributed by atoms with E-state index in [0.29, 0.717) is 11.0 Å². The van der Waals surface area contributed by atoms with Gasteiger partial charge in [0.25, 0.3) is 5.69 Å². The molecule has 1 N–H and O–H groups in total. The van der Waals surface area contributed by atoms with Gasteiger partial charge in [-0.3, -0.25) is 15.1 Å². The van der Waals surface area contributed by atoms with E-state index in [0.717, 1.165) is 24.2 Å². The fraction of sp³-hybridized carbons (Fsp3) is 0.214. The van der Waals surface area contributed by atoms with Gasteiger partial charge in [-0.1, -0.05) is 22.0 Å². The molecule has 0 fully saturated rings. The largest absolute Gasteiger partial charge is 0.312 e. The number of nitro groups is 1. The van der Waals surface area contributed by atoms with Crippen molar-refractivity contribution in [2.24, 2.45) is 0 Å². The van der Waals surface area contributed by atoms with E-state index in [1.807, 2.05) is 24.3 Å². The summed E-state index contributed by atoms with van der Waals surface area (Å²) in [6.45, 7) is 1.37. The number of nitrogens with one attached hydrogen (secondary N) is 1. The third-order valence-corrected chi connectivity index (χ3v) is 3.22. The van der Waals surface area contributed by atoms with Crippen LogP contribution >= 0.6 is 15.9 Å². The zero-order valence-corrected chi connectivity index (χ0v) is 12.3. The van der Waals surface area contributed by atoms with E-state index in [1.165, 1.54) is 6.07 Å². The summed E-state index contributed by atoms with van der Waals surface area (Å²) in [5.74, 6) is 0. The van der Waals surface area contributed by atoms with Crippen LogP contribution in [0.2, 0.25) is 0 Å². The molecule has 1 aromatic heterocycles. The first-order valence-corrected chi connectivity index (χ1v) is 6.99. The van der Waals surface area contributed by atoms with E-state index >= 15 is 0 Å². The predicted octanol–water partition coefficient (Wildman–Crippen LogP) is 3.08. The summed E-state index contributed by atoms with van der Waals surface area (Å²) in [4.78, 5) is 14.6. The molecule has 0 bridgehead atoms. The standard InChI is InChI=1S/C14H14BrN3O2/c15-12-7-11(8-14(9-12)18(19)20)10-16-6-4-13-3-1-2-5-17-13/h1-3,5,7-9,16H,4,6,10H2. The lowest BCUT2D eigenvalue weighted by molar-refractivity contribution is -0.385. The van der Waals surface area contributed by atoms with Crippen molar-refractivity contribution in [3.63, 3.8) is 0 Å². The van der Waals surface area contributed by atoms with Gasteiger partial charge in [0.05, 0.1) is 4.92 Å². The SMILES string of the molecule is O=[N+]([O-])c1cc(Br)cc(CNCCc2ccccn2)c1. The first-order chi connectivity index (χ1) is 9.65. The van der Waals surface area contributed by atoms with Crippen molar-refractivity contribution in [3.8, 4) is 0 Å². The number of nitro benzene ring substituents is 1. The van der Waals surface area contributed by atoms with Crippen LogP contribution in [0.1, 0.15) is 11.3 Å². The van der Waals surface area contributed by atoms with Gasteiger partial charge >= 0.3 is 0 Å². The summed E-state index contributed by atoms with van der Waals surface area (Å²) in [5, 5.41) is 14.0. The number of aromatic nitrogens is 1. The average Bonchev–Trinajstić information content (AvgIpc) is 2.44. The number of hydrogen-bond acceptors (Lipinski definition) is 4. The van der Waals surface area contributed by atoms with Gasteiger partial charge < -0.3 is 5.32 Å². The molecule has 0 amide bonds. The lowest BCUT2D eigenvalue weighted by atomic mass is 10.2. The highest BCUT2D eigenvalue weighted by molar-refractivity contribution is 9.10. The van der Waals surface area contributed by atoms with E-state index < -0.39 is 0 Å². The van der Waals surface area contributed by atoms with Crippen LogP contribution in [0.15, 0.2) is 47.1 Å². The number of non-ortho nitro benzene ring substituents is 1. The quantitative estimate of drug-likeness (QED) is 0.500. The van der Waals surface area contributed by atoms with Gasteiger partial charge in [0, 0.05) is 48.0 Å². The molecule has 1 aromatic carbocycles. The highest BCUT2D eigenvalue weighted by Gasteiger charge is 2.08. The maximum absolute atomic E-state index is 10.8. The van der Waals surface area contributed by atoms with E-state index in [-0.39, 0.29) is 10.6 Å². The van der Waals surface area contributed by atoms with Crippen LogP contribution in [0.4, 0.5) is 5.69 Å². The minimum atomic E-state index is -0.387. The Morgan fingerprint density at radius 1 is 1.30 bits per heavy atom. The summed E-state index contributed by atoms with van der Waals surface area (Å²) in [5.41, 5.74) is 2.01. The molecule has 0 saturated carbocycles. The number of pyridine rings is 1. The molecule has 2 aromatic rings. The maximum atomic E-state index is 10.8. The van der Waals surface area contributed by atoms with Crippen LogP contribution in [-0.4, -0.2) is 16.5 Å². The van der Waals surface area contributed by atoms with Crippen LogP contribution < -0.4 is 5.32 Å². The maximum Gasteiger partial charge on any atom is 0.270 e. The van der Waals surface area contributed by atoms with E-state index in [1.54, 1.807) is 12.3 Å². The highest BCUT2D eigenvalue weighted by atomic mass is 79.9. The topological polar surface area (TPSA) is 68.1 Å². The second-order valence-electron chi connectivity index (χ2n) is 4.32. The monoisotopic (exact) mass is 335 g/mol. The van der Waals surface area contributed by atoms with Crippen molar-refractivity contribution in [1.82, 2.24) is 10.3 Å². The zero-order chi connectivity index (χ0) is 14.4. The Bertz CT molecular complexity index is 590. The lowest BCUT2D eigenvalue weighted by Gasteiger charge is -2.05. The Labute approximate surface area is 125 Å². The summed E-state index contributed by atoms with van der Waals surface area (Å²) in [7, 11) is 0. The molecule has 0 atom stereocenters. The molecule has 0 aliphatic rings. The fourth-order valence-electron chi connectivity index (χ4n) is 1.84. The third-order valence-electron chi connectivity index (χ3n) is 2.77. The molecule has 1 heterocycles. The number of halogens is 1. The molecule has 0 aliphatic carbocycles. The lowest BCUT2D eigenvalue weighted by Crippen LogP contribution is -2.17. The average molecular weight is 336 g/mol. The molecule has 5 nitrogen and oxygen atoms in total. The number of hydrogen-bond donors (Lipinski definition) is 1. The molecule has 104 valence electrons. The molecule has 2 rings (SSSR count). The molecule has 20 heavy (non-hydrogen) atoms. The minimum absolute atomic E-state index is 0.0981. The van der Waals surface area contributed by atoms with Crippen molar-refractivity contribution in [3.05, 3.63) is 68.4 Å². The molecule has 6 heteroatoms. The molecule has 0 unspecified atom stereocenters. The Balaban J connectivity index is 1.86. The van der Waals surface area contributed by atoms with Crippen molar-refractivity contribution in [2.75, 3.05) is 6.54 Å². The van der Waals surface area contributed by atoms with Crippen LogP contribution in [0, 0.1) is 10.1 Å². The Morgan fingerprint density at radius 3 is 2.85 bits per heavy atom. The van der Waals surface area contributed by atoms with Crippen LogP contribution in [0.5, 0.6) is 0 Å².